The topological polar surface area (TPSA) is 72.5 Å². The number of nitrogens with one attached hydrogen (secondary N) is 1. The number of carbonyl (C=O) groups excluding carboxylic acids is 3. The summed E-state index contributed by atoms with van der Waals surface area (Å²) in [6.07, 6.45) is -3.11. The summed E-state index contributed by atoms with van der Waals surface area (Å²) in [6, 6.07) is 0. The van der Waals surface area contributed by atoms with E-state index in [2.05, 4.69) is 0 Å². The lowest BCUT2D eigenvalue weighted by atomic mass is 10.1. The number of unbranched alkanes of at least 4 members (excludes halogenated alkanes) is 2. The zero-order chi connectivity index (χ0) is 17.2. The van der Waals surface area contributed by atoms with Crippen LogP contribution in [0.4, 0.5) is 13.2 Å². The molecule has 0 aliphatic heterocycles. The molecule has 0 saturated heterocycles. The van der Waals surface area contributed by atoms with E-state index in [4.69, 9.17) is 4.74 Å². The van der Waals surface area contributed by atoms with Gasteiger partial charge in [0.05, 0.1) is 13.0 Å². The lowest BCUT2D eigenvalue weighted by Gasteiger charge is -2.19. The Kier molecular flexibility index (Phi) is 9.44. The van der Waals surface area contributed by atoms with E-state index in [0.29, 0.717) is 12.8 Å². The van der Waals surface area contributed by atoms with Crippen molar-refractivity contribution in [2.24, 2.45) is 0 Å². The number of alkyl halides is 3. The Morgan fingerprint density at radius 1 is 1.14 bits per heavy atom. The van der Waals surface area contributed by atoms with Gasteiger partial charge >= 0.3 is 18.1 Å². The molecule has 0 heterocycles. The third kappa shape index (κ3) is 10.2. The zero-order valence-electron chi connectivity index (χ0n) is 12.8. The van der Waals surface area contributed by atoms with Crippen molar-refractivity contribution >= 4 is 17.7 Å². The molecule has 5 nitrogen and oxygen atoms in total. The van der Waals surface area contributed by atoms with Crippen LogP contribution in [0, 0.1) is 0 Å². The van der Waals surface area contributed by atoms with Gasteiger partial charge in [0.1, 0.15) is 11.9 Å². The Morgan fingerprint density at radius 3 is 2.27 bits per heavy atom. The van der Waals surface area contributed by atoms with Crippen LogP contribution in [-0.2, 0) is 19.1 Å². The first-order valence-electron chi connectivity index (χ1n) is 7.20. The predicted molar refractivity (Wildman–Crippen MR) is 73.0 cm³/mol. The number of hydrogen-bond donors (Lipinski definition) is 1. The molecule has 0 aliphatic rings. The summed E-state index contributed by atoms with van der Waals surface area (Å²) in [5, 5.41) is 1.71. The number of carbonyl (C=O) groups is 3. The van der Waals surface area contributed by atoms with Crippen LogP contribution in [0.2, 0.25) is 0 Å². The maximum atomic E-state index is 12.1. The summed E-state index contributed by atoms with van der Waals surface area (Å²) < 4.78 is 41.4. The lowest BCUT2D eigenvalue weighted by molar-refractivity contribution is -0.174. The molecule has 0 saturated carbocycles. The highest BCUT2D eigenvalue weighted by Crippen LogP contribution is 2.15. The second-order valence-electron chi connectivity index (χ2n) is 5.02. The van der Waals surface area contributed by atoms with Crippen LogP contribution in [0.25, 0.3) is 0 Å². The quantitative estimate of drug-likeness (QED) is 0.495. The van der Waals surface area contributed by atoms with Gasteiger partial charge in [-0.2, -0.15) is 13.2 Å². The van der Waals surface area contributed by atoms with Gasteiger partial charge in [0.25, 0.3) is 0 Å². The van der Waals surface area contributed by atoms with Crippen molar-refractivity contribution in [1.82, 2.24) is 5.32 Å². The molecule has 8 heteroatoms. The molecule has 0 bridgehead atoms. The Hall–Kier alpha value is -1.60. The van der Waals surface area contributed by atoms with Crippen molar-refractivity contribution in [3.8, 4) is 0 Å². The molecule has 1 amide bonds. The fourth-order valence-corrected chi connectivity index (χ4v) is 1.65. The van der Waals surface area contributed by atoms with E-state index in [9.17, 15) is 27.6 Å². The lowest BCUT2D eigenvalue weighted by Crippen LogP contribution is -2.42. The summed E-state index contributed by atoms with van der Waals surface area (Å²) in [5.74, 6) is -2.89. The Balaban J connectivity index is 4.39. The molecule has 22 heavy (non-hydrogen) atoms. The molecule has 0 aromatic carbocycles. The van der Waals surface area contributed by atoms with Crippen LogP contribution in [0.15, 0.2) is 0 Å². The van der Waals surface area contributed by atoms with E-state index in [0.717, 1.165) is 12.8 Å². The van der Waals surface area contributed by atoms with E-state index in [-0.39, 0.29) is 18.6 Å². The van der Waals surface area contributed by atoms with Crippen LogP contribution < -0.4 is 5.32 Å². The number of esters is 1. The third-order valence-corrected chi connectivity index (χ3v) is 2.86. The number of Topliss-reactive ketones (excluding diaryl/α,β-unsaturated/α-hetero) is 1. The summed E-state index contributed by atoms with van der Waals surface area (Å²) in [6.45, 7) is 2.89. The monoisotopic (exact) mass is 325 g/mol. The molecule has 0 rings (SSSR count). The fourth-order valence-electron chi connectivity index (χ4n) is 1.65. The number of ketones is 1. The predicted octanol–water partition coefficient (Wildman–Crippen LogP) is 2.53. The molecule has 1 N–H and O–H groups in total. The molecule has 0 aromatic rings. The minimum atomic E-state index is -4.97. The van der Waals surface area contributed by atoms with Gasteiger partial charge in [-0.05, 0) is 19.8 Å². The van der Waals surface area contributed by atoms with E-state index >= 15 is 0 Å². The first-order chi connectivity index (χ1) is 10.2. The van der Waals surface area contributed by atoms with Crippen LogP contribution in [0.3, 0.4) is 0 Å². The van der Waals surface area contributed by atoms with Gasteiger partial charge in [0, 0.05) is 6.42 Å². The van der Waals surface area contributed by atoms with E-state index < -0.39 is 30.7 Å². The van der Waals surface area contributed by atoms with Gasteiger partial charge in [-0.25, -0.2) is 0 Å². The number of halogens is 3. The molecule has 0 radical (unpaired) electrons. The van der Waals surface area contributed by atoms with Crippen LogP contribution in [-0.4, -0.2) is 36.5 Å². The van der Waals surface area contributed by atoms with Gasteiger partial charge in [-0.1, -0.05) is 19.8 Å². The summed E-state index contributed by atoms with van der Waals surface area (Å²) in [4.78, 5) is 33.1. The first-order valence-corrected chi connectivity index (χ1v) is 7.20. The smallest absolute Gasteiger partial charge is 0.460 e. The largest absolute Gasteiger partial charge is 0.471 e. The van der Waals surface area contributed by atoms with Gasteiger partial charge in [-0.3, -0.25) is 9.59 Å². The highest BCUT2D eigenvalue weighted by molar-refractivity contribution is 5.82. The van der Waals surface area contributed by atoms with Gasteiger partial charge < -0.3 is 14.8 Å². The second kappa shape index (κ2) is 10.2. The van der Waals surface area contributed by atoms with Crippen molar-refractivity contribution in [2.45, 2.75) is 64.7 Å². The first kappa shape index (κ1) is 20.4. The molecular weight excluding hydrogens is 303 g/mol. The molecule has 0 aliphatic carbocycles. The van der Waals surface area contributed by atoms with E-state index in [1.807, 2.05) is 6.92 Å². The van der Waals surface area contributed by atoms with E-state index in [1.54, 1.807) is 5.32 Å². The molecule has 1 unspecified atom stereocenters. The van der Waals surface area contributed by atoms with Crippen molar-refractivity contribution in [3.63, 3.8) is 0 Å². The minimum absolute atomic E-state index is 0.0232. The molecular formula is C14H22F3NO4. The number of amides is 1. The van der Waals surface area contributed by atoms with Crippen LogP contribution in [0.1, 0.15) is 52.4 Å². The Bertz CT molecular complexity index is 383. The standard InChI is InChI=1S/C14H22F3NO4/c1-3-4-5-6-11(9-18-13(21)14(15,16)17)22-12(20)8-7-10(2)19/h11H,3-9H2,1-2H3,(H,18,21). The van der Waals surface area contributed by atoms with Crippen molar-refractivity contribution in [3.05, 3.63) is 0 Å². The average molecular weight is 325 g/mol. The number of ether oxygens (including phenoxy) is 1. The summed E-state index contributed by atoms with van der Waals surface area (Å²) in [5.41, 5.74) is 0. The Labute approximate surface area is 127 Å². The highest BCUT2D eigenvalue weighted by atomic mass is 19.4. The molecule has 128 valence electrons. The molecule has 0 aromatic heterocycles. The Morgan fingerprint density at radius 2 is 1.77 bits per heavy atom. The van der Waals surface area contributed by atoms with Gasteiger partial charge in [-0.15, -0.1) is 0 Å². The van der Waals surface area contributed by atoms with Crippen LogP contribution in [0.5, 0.6) is 0 Å². The molecule has 1 atom stereocenters. The molecule has 0 spiro atoms. The summed E-state index contributed by atoms with van der Waals surface area (Å²) in [7, 11) is 0. The second-order valence-corrected chi connectivity index (χ2v) is 5.02. The highest BCUT2D eigenvalue weighted by Gasteiger charge is 2.38. The van der Waals surface area contributed by atoms with Gasteiger partial charge in [0.15, 0.2) is 0 Å². The fraction of sp³-hybridized carbons (Fsp3) is 0.786. The van der Waals surface area contributed by atoms with Crippen LogP contribution >= 0.6 is 0 Å². The SMILES string of the molecule is CCCCCC(CNC(=O)C(F)(F)F)OC(=O)CCC(C)=O. The molecule has 0 fully saturated rings. The maximum absolute atomic E-state index is 12.1. The number of rotatable bonds is 10. The van der Waals surface area contributed by atoms with Crippen molar-refractivity contribution < 1.29 is 32.3 Å². The van der Waals surface area contributed by atoms with Crippen molar-refractivity contribution in [2.75, 3.05) is 6.54 Å². The summed E-state index contributed by atoms with van der Waals surface area (Å²) >= 11 is 0. The van der Waals surface area contributed by atoms with Gasteiger partial charge in [0.2, 0.25) is 0 Å². The maximum Gasteiger partial charge on any atom is 0.471 e. The normalized spacial score (nSPS) is 12.6. The zero-order valence-corrected chi connectivity index (χ0v) is 12.8. The number of hydrogen-bond acceptors (Lipinski definition) is 4. The van der Waals surface area contributed by atoms with E-state index in [1.165, 1.54) is 6.92 Å². The average Bonchev–Trinajstić information content (AvgIpc) is 2.41. The third-order valence-electron chi connectivity index (χ3n) is 2.86. The van der Waals surface area contributed by atoms with Crippen molar-refractivity contribution in [1.29, 1.82) is 0 Å². The minimum Gasteiger partial charge on any atom is -0.460 e.